The highest BCUT2D eigenvalue weighted by atomic mass is 35.5. The Hall–Kier alpha value is -5.24. The highest BCUT2D eigenvalue weighted by Crippen LogP contribution is 2.47. The van der Waals surface area contributed by atoms with Crippen molar-refractivity contribution in [3.05, 3.63) is 92.0 Å². The summed E-state index contributed by atoms with van der Waals surface area (Å²) in [5.41, 5.74) is 8.54. The van der Waals surface area contributed by atoms with Crippen LogP contribution in [0.25, 0.3) is 33.7 Å². The number of oxazole rings is 1. The molecule has 0 radical (unpaired) electrons. The van der Waals surface area contributed by atoms with Gasteiger partial charge in [0.15, 0.2) is 5.58 Å². The van der Waals surface area contributed by atoms with Gasteiger partial charge in [-0.3, -0.25) is 19.2 Å². The van der Waals surface area contributed by atoms with E-state index in [0.717, 1.165) is 58.2 Å². The summed E-state index contributed by atoms with van der Waals surface area (Å²) in [5, 5.41) is 17.1. The number of methoxy groups -OCH3 is 1. The summed E-state index contributed by atoms with van der Waals surface area (Å²) in [5.74, 6) is 0.198. The molecule has 2 amide bonds. The van der Waals surface area contributed by atoms with Gasteiger partial charge in [0.25, 0.3) is 0 Å². The van der Waals surface area contributed by atoms with Crippen LogP contribution in [0.2, 0.25) is 10.0 Å². The number of nitrogens with one attached hydrogen (secondary N) is 3. The van der Waals surface area contributed by atoms with E-state index in [-0.39, 0.29) is 30.0 Å². The first-order chi connectivity index (χ1) is 30.5. The number of nitriles is 1. The van der Waals surface area contributed by atoms with Crippen molar-refractivity contribution in [2.24, 2.45) is 5.92 Å². The lowest BCUT2D eigenvalue weighted by atomic mass is 9.95. The number of ether oxygens (including phenoxy) is 2. The van der Waals surface area contributed by atoms with Gasteiger partial charge in [0, 0.05) is 49.3 Å². The second-order valence-corrected chi connectivity index (χ2v) is 19.9. The van der Waals surface area contributed by atoms with Crippen molar-refractivity contribution in [1.29, 1.82) is 5.26 Å². The molecule has 4 atom stereocenters. The van der Waals surface area contributed by atoms with Gasteiger partial charge in [0.05, 0.1) is 28.9 Å². The molecule has 3 aliphatic carbocycles. The van der Waals surface area contributed by atoms with Gasteiger partial charge in [-0.25, -0.2) is 13.4 Å². The maximum absolute atomic E-state index is 13.0. The minimum atomic E-state index is -3.62. The SMILES string of the molecule is COc1nc(O[C@H]2CCc3c(-c4cccc(-c5nc6cc7c(c(C#N)c6o5)CC[C@H]7N5CC[C@@H](C(=O)NS(=O)(=O)C6CC6)C5)c4Cl)cccc32)c(Cl)cc1CNC[C@H]1CCC(=O)N1. The third-order valence-electron chi connectivity index (χ3n) is 13.2. The Bertz CT molecular complexity index is 2840. The maximum Gasteiger partial charge on any atom is 0.237 e. The summed E-state index contributed by atoms with van der Waals surface area (Å²) < 4.78 is 45.7. The number of nitrogens with zero attached hydrogens (tertiary/aromatic N) is 4. The number of halogens is 2. The highest BCUT2D eigenvalue weighted by molar-refractivity contribution is 7.90. The summed E-state index contributed by atoms with van der Waals surface area (Å²) in [7, 11) is -2.06. The highest BCUT2D eigenvalue weighted by Gasteiger charge is 2.41. The molecule has 2 aliphatic heterocycles. The average Bonchev–Trinajstić information content (AvgIpc) is 3.69. The van der Waals surface area contributed by atoms with Crippen molar-refractivity contribution in [2.75, 3.05) is 26.7 Å². The number of rotatable bonds is 13. The molecule has 326 valence electrons. The summed E-state index contributed by atoms with van der Waals surface area (Å²) in [6.45, 7) is 2.17. The topological polar surface area (TPSA) is 189 Å². The third kappa shape index (κ3) is 7.90. The number of aromatic nitrogens is 2. The first kappa shape index (κ1) is 41.8. The van der Waals surface area contributed by atoms with Gasteiger partial charge in [-0.2, -0.15) is 10.2 Å². The minimum absolute atomic E-state index is 0.0382. The van der Waals surface area contributed by atoms with E-state index < -0.39 is 27.1 Å². The molecular formula is C46H45Cl2N7O7S. The van der Waals surface area contributed by atoms with Crippen LogP contribution in [0.5, 0.6) is 11.8 Å². The van der Waals surface area contributed by atoms with Crippen molar-refractivity contribution in [3.63, 3.8) is 0 Å². The number of carbonyl (C=O) groups excluding carboxylic acids is 2. The first-order valence-electron chi connectivity index (χ1n) is 21.5. The predicted octanol–water partition coefficient (Wildman–Crippen LogP) is 7.10. The van der Waals surface area contributed by atoms with Crippen molar-refractivity contribution < 1.29 is 31.9 Å². The molecule has 63 heavy (non-hydrogen) atoms. The number of pyridine rings is 1. The van der Waals surface area contributed by atoms with Crippen molar-refractivity contribution in [1.82, 2.24) is 30.2 Å². The molecule has 2 aromatic heterocycles. The van der Waals surface area contributed by atoms with Crippen molar-refractivity contribution >= 4 is 56.1 Å². The third-order valence-corrected chi connectivity index (χ3v) is 15.7. The van der Waals surface area contributed by atoms with Crippen LogP contribution >= 0.6 is 23.2 Å². The van der Waals surface area contributed by atoms with Crippen LogP contribution in [0, 0.1) is 17.2 Å². The summed E-state index contributed by atoms with van der Waals surface area (Å²) in [4.78, 5) is 36.3. The number of hydrogen-bond donors (Lipinski definition) is 3. The molecule has 3 aromatic carbocycles. The van der Waals surface area contributed by atoms with E-state index in [0.29, 0.717) is 109 Å². The van der Waals surface area contributed by atoms with E-state index in [4.69, 9.17) is 42.1 Å². The molecule has 5 aromatic rings. The second-order valence-electron chi connectivity index (χ2n) is 17.1. The van der Waals surface area contributed by atoms with Crippen LogP contribution in [0.3, 0.4) is 0 Å². The molecule has 2 saturated heterocycles. The Morgan fingerprint density at radius 2 is 1.76 bits per heavy atom. The minimum Gasteiger partial charge on any atom is -0.481 e. The van der Waals surface area contributed by atoms with Crippen LogP contribution in [-0.4, -0.2) is 73.1 Å². The molecule has 14 nitrogen and oxygen atoms in total. The van der Waals surface area contributed by atoms with Gasteiger partial charge in [0.1, 0.15) is 28.3 Å². The molecule has 0 spiro atoms. The quantitative estimate of drug-likeness (QED) is 0.109. The molecule has 10 rings (SSSR count). The second kappa shape index (κ2) is 16.7. The van der Waals surface area contributed by atoms with E-state index in [1.165, 1.54) is 0 Å². The molecule has 1 saturated carbocycles. The molecule has 17 heteroatoms. The normalized spacial score (nSPS) is 21.9. The number of benzene rings is 3. The van der Waals surface area contributed by atoms with Crippen LogP contribution < -0.4 is 24.8 Å². The largest absolute Gasteiger partial charge is 0.481 e. The molecule has 3 fully saturated rings. The van der Waals surface area contributed by atoms with E-state index in [2.05, 4.69) is 31.3 Å². The smallest absolute Gasteiger partial charge is 0.237 e. The van der Waals surface area contributed by atoms with E-state index in [1.807, 2.05) is 42.5 Å². The number of amides is 2. The Kier molecular flexibility index (Phi) is 11.1. The zero-order valence-corrected chi connectivity index (χ0v) is 36.8. The van der Waals surface area contributed by atoms with Gasteiger partial charge in [-0.1, -0.05) is 53.5 Å². The number of sulfonamides is 1. The van der Waals surface area contributed by atoms with Crippen LogP contribution in [-0.2, 0) is 39.0 Å². The van der Waals surface area contributed by atoms with Gasteiger partial charge < -0.3 is 24.5 Å². The lowest BCUT2D eigenvalue weighted by molar-refractivity contribution is -0.123. The Labute approximate surface area is 374 Å². The van der Waals surface area contributed by atoms with Gasteiger partial charge >= 0.3 is 0 Å². The Morgan fingerprint density at radius 1 is 0.968 bits per heavy atom. The number of carbonyl (C=O) groups is 2. The van der Waals surface area contributed by atoms with Gasteiger partial charge in [-0.15, -0.1) is 0 Å². The molecular weight excluding hydrogens is 866 g/mol. The average molecular weight is 911 g/mol. The van der Waals surface area contributed by atoms with E-state index >= 15 is 0 Å². The fourth-order valence-corrected chi connectivity index (χ4v) is 11.7. The van der Waals surface area contributed by atoms with Gasteiger partial charge in [0.2, 0.25) is 39.5 Å². The molecule has 3 N–H and O–H groups in total. The Balaban J connectivity index is 0.875. The van der Waals surface area contributed by atoms with E-state index in [9.17, 15) is 23.3 Å². The predicted molar refractivity (Wildman–Crippen MR) is 236 cm³/mol. The summed E-state index contributed by atoms with van der Waals surface area (Å²) in [6, 6.07) is 18.1. The van der Waals surface area contributed by atoms with Crippen LogP contribution in [0.1, 0.15) is 90.5 Å². The number of fused-ring (bicyclic) bond motifs is 3. The van der Waals surface area contributed by atoms with Crippen molar-refractivity contribution in [3.8, 4) is 40.4 Å². The maximum atomic E-state index is 13.0. The molecule has 0 unspecified atom stereocenters. The first-order valence-corrected chi connectivity index (χ1v) is 23.8. The van der Waals surface area contributed by atoms with Crippen LogP contribution in [0.15, 0.2) is 52.9 Å². The standard InChI is InChI=1S/C46H45Cl2N7O7S/c1-60-44-25(21-50-22-26-8-15-40(56)51-26)18-36(47)46(53-44)61-39-14-12-29-28(4-2-5-31(29)39)32-6-3-7-33(41(32)48)45-52-37-19-34-30(35(20-49)42(37)62-45)11-13-38(34)55-17-16-24(23-55)43(57)54-63(58,59)27-9-10-27/h2-7,18-19,24,26-27,38-39,50H,8-17,21-23H2,1H3,(H,51,56)(H,54,57)/t24-,26-,38-,39+/m1/s1. The molecule has 0 bridgehead atoms. The lowest BCUT2D eigenvalue weighted by Crippen LogP contribution is -2.38. The van der Waals surface area contributed by atoms with Crippen molar-refractivity contribution in [2.45, 2.75) is 87.8 Å². The number of likely N-dealkylation sites (tertiary alicyclic amines) is 1. The summed E-state index contributed by atoms with van der Waals surface area (Å²) >= 11 is 14.0. The monoisotopic (exact) mass is 909 g/mol. The zero-order valence-electron chi connectivity index (χ0n) is 34.5. The lowest BCUT2D eigenvalue weighted by Gasteiger charge is -2.24. The van der Waals surface area contributed by atoms with Gasteiger partial charge in [-0.05, 0) is 104 Å². The molecule has 4 heterocycles. The zero-order chi connectivity index (χ0) is 43.6. The number of hydrogen-bond acceptors (Lipinski definition) is 12. The molecule has 5 aliphatic rings. The van der Waals surface area contributed by atoms with E-state index in [1.54, 1.807) is 13.2 Å². The van der Waals surface area contributed by atoms with Crippen LogP contribution in [0.4, 0.5) is 0 Å². The fourth-order valence-electron chi connectivity index (χ4n) is 9.83. The fraction of sp³-hybridized carbons (Fsp3) is 0.413. The summed E-state index contributed by atoms with van der Waals surface area (Å²) in [6.07, 6.45) is 5.64. The Morgan fingerprint density at radius 3 is 2.54 bits per heavy atom.